The Kier molecular flexibility index (Phi) is 4.61. The van der Waals surface area contributed by atoms with Crippen LogP contribution in [0.3, 0.4) is 0 Å². The van der Waals surface area contributed by atoms with E-state index < -0.39 is 0 Å². The van der Waals surface area contributed by atoms with Gasteiger partial charge in [0.15, 0.2) is 0 Å². The summed E-state index contributed by atoms with van der Waals surface area (Å²) in [5, 5.41) is 2.81. The molecule has 80 valence electrons. The highest BCUT2D eigenvalue weighted by atomic mass is 16.1. The summed E-state index contributed by atoms with van der Waals surface area (Å²) in [4.78, 5) is 11.6. The number of rotatable bonds is 4. The lowest BCUT2D eigenvalue weighted by Crippen LogP contribution is -2.24. The summed E-state index contributed by atoms with van der Waals surface area (Å²) in [6.45, 7) is 4.59. The quantitative estimate of drug-likeness (QED) is 0.749. The highest BCUT2D eigenvalue weighted by molar-refractivity contribution is 5.97. The van der Waals surface area contributed by atoms with Gasteiger partial charge in [-0.05, 0) is 25.0 Å². The van der Waals surface area contributed by atoms with Crippen molar-refractivity contribution in [1.82, 2.24) is 5.32 Å². The SMILES string of the molecule is CCNC(=O)/C(=C/c1ccccc1)CC. The zero-order valence-electron chi connectivity index (χ0n) is 9.29. The Labute approximate surface area is 91.0 Å². The van der Waals surface area contributed by atoms with Crippen LogP contribution in [0, 0.1) is 0 Å². The Balaban J connectivity index is 2.83. The molecule has 2 heteroatoms. The van der Waals surface area contributed by atoms with Crippen LogP contribution in [0.2, 0.25) is 0 Å². The number of benzene rings is 1. The van der Waals surface area contributed by atoms with E-state index in [9.17, 15) is 4.79 Å². The van der Waals surface area contributed by atoms with Gasteiger partial charge in [-0.25, -0.2) is 0 Å². The van der Waals surface area contributed by atoms with Crippen LogP contribution in [-0.4, -0.2) is 12.5 Å². The Morgan fingerprint density at radius 2 is 1.93 bits per heavy atom. The maximum atomic E-state index is 11.6. The molecule has 0 bridgehead atoms. The van der Waals surface area contributed by atoms with Crippen molar-refractivity contribution < 1.29 is 4.79 Å². The minimum atomic E-state index is 0.0313. The largest absolute Gasteiger partial charge is 0.353 e. The molecule has 0 radical (unpaired) electrons. The average Bonchev–Trinajstić information content (AvgIpc) is 2.27. The highest BCUT2D eigenvalue weighted by Gasteiger charge is 2.04. The Morgan fingerprint density at radius 3 is 2.47 bits per heavy atom. The van der Waals surface area contributed by atoms with Gasteiger partial charge in [0.25, 0.3) is 0 Å². The Morgan fingerprint density at radius 1 is 1.27 bits per heavy atom. The molecule has 0 aliphatic heterocycles. The smallest absolute Gasteiger partial charge is 0.247 e. The maximum absolute atomic E-state index is 11.6. The molecule has 1 aromatic carbocycles. The zero-order chi connectivity index (χ0) is 11.1. The van der Waals surface area contributed by atoms with Gasteiger partial charge in [0.1, 0.15) is 0 Å². The normalized spacial score (nSPS) is 11.2. The molecule has 0 saturated carbocycles. The lowest BCUT2D eigenvalue weighted by molar-refractivity contribution is -0.117. The number of carbonyl (C=O) groups is 1. The fourth-order valence-corrected chi connectivity index (χ4v) is 1.35. The van der Waals surface area contributed by atoms with E-state index in [2.05, 4.69) is 5.32 Å². The fraction of sp³-hybridized carbons (Fsp3) is 0.308. The minimum absolute atomic E-state index is 0.0313. The monoisotopic (exact) mass is 203 g/mol. The third kappa shape index (κ3) is 3.58. The first-order valence-electron chi connectivity index (χ1n) is 5.31. The van der Waals surface area contributed by atoms with Crippen molar-refractivity contribution >= 4 is 12.0 Å². The predicted octanol–water partition coefficient (Wildman–Crippen LogP) is 2.62. The van der Waals surface area contributed by atoms with Crippen LogP contribution in [0.25, 0.3) is 6.08 Å². The van der Waals surface area contributed by atoms with Crippen molar-refractivity contribution in [3.8, 4) is 0 Å². The van der Waals surface area contributed by atoms with Crippen molar-refractivity contribution in [1.29, 1.82) is 0 Å². The van der Waals surface area contributed by atoms with E-state index in [-0.39, 0.29) is 5.91 Å². The fourth-order valence-electron chi connectivity index (χ4n) is 1.35. The van der Waals surface area contributed by atoms with Gasteiger partial charge in [-0.1, -0.05) is 37.3 Å². The summed E-state index contributed by atoms with van der Waals surface area (Å²) in [7, 11) is 0. The van der Waals surface area contributed by atoms with Crippen molar-refractivity contribution in [2.24, 2.45) is 0 Å². The average molecular weight is 203 g/mol. The van der Waals surface area contributed by atoms with Crippen molar-refractivity contribution in [2.75, 3.05) is 6.54 Å². The molecule has 0 aliphatic carbocycles. The van der Waals surface area contributed by atoms with Gasteiger partial charge < -0.3 is 5.32 Å². The molecule has 0 fully saturated rings. The van der Waals surface area contributed by atoms with Crippen LogP contribution in [0.4, 0.5) is 0 Å². The number of hydrogen-bond acceptors (Lipinski definition) is 1. The topological polar surface area (TPSA) is 29.1 Å². The third-order valence-corrected chi connectivity index (χ3v) is 2.15. The van der Waals surface area contributed by atoms with Gasteiger partial charge >= 0.3 is 0 Å². The molecule has 1 rings (SSSR count). The van der Waals surface area contributed by atoms with Crippen LogP contribution < -0.4 is 5.32 Å². The maximum Gasteiger partial charge on any atom is 0.247 e. The molecule has 1 amide bonds. The number of amides is 1. The molecular formula is C13H17NO. The highest BCUT2D eigenvalue weighted by Crippen LogP contribution is 2.09. The second-order valence-electron chi connectivity index (χ2n) is 3.29. The number of likely N-dealkylation sites (N-methyl/N-ethyl adjacent to an activating group) is 1. The molecular weight excluding hydrogens is 186 g/mol. The van der Waals surface area contributed by atoms with Crippen LogP contribution in [0.5, 0.6) is 0 Å². The van der Waals surface area contributed by atoms with Crippen molar-refractivity contribution in [3.63, 3.8) is 0 Å². The molecule has 0 unspecified atom stereocenters. The molecule has 0 heterocycles. The molecule has 2 nitrogen and oxygen atoms in total. The van der Waals surface area contributed by atoms with Gasteiger partial charge in [-0.15, -0.1) is 0 Å². The molecule has 15 heavy (non-hydrogen) atoms. The molecule has 1 aromatic rings. The first-order valence-corrected chi connectivity index (χ1v) is 5.31. The lowest BCUT2D eigenvalue weighted by atomic mass is 10.1. The summed E-state index contributed by atoms with van der Waals surface area (Å²) in [6, 6.07) is 9.90. The standard InChI is InChI=1S/C13H17NO/c1-3-12(13(15)14-4-2)10-11-8-6-5-7-9-11/h5-10H,3-4H2,1-2H3,(H,14,15)/b12-10+. The summed E-state index contributed by atoms with van der Waals surface area (Å²) in [6.07, 6.45) is 2.69. The summed E-state index contributed by atoms with van der Waals surface area (Å²) in [5.74, 6) is 0.0313. The minimum Gasteiger partial charge on any atom is -0.353 e. The van der Waals surface area contributed by atoms with Crippen LogP contribution in [0.1, 0.15) is 25.8 Å². The second-order valence-corrected chi connectivity index (χ2v) is 3.29. The molecule has 1 N–H and O–H groups in total. The van der Waals surface area contributed by atoms with E-state index >= 15 is 0 Å². The van der Waals surface area contributed by atoms with Crippen molar-refractivity contribution in [2.45, 2.75) is 20.3 Å². The predicted molar refractivity (Wildman–Crippen MR) is 63.4 cm³/mol. The molecule has 0 aliphatic rings. The Hall–Kier alpha value is -1.57. The van der Waals surface area contributed by atoms with E-state index in [1.165, 1.54) is 0 Å². The summed E-state index contributed by atoms with van der Waals surface area (Å²) in [5.41, 5.74) is 1.89. The number of hydrogen-bond donors (Lipinski definition) is 1. The summed E-state index contributed by atoms with van der Waals surface area (Å²) >= 11 is 0. The second kappa shape index (κ2) is 6.02. The third-order valence-electron chi connectivity index (χ3n) is 2.15. The first-order chi connectivity index (χ1) is 7.27. The van der Waals surface area contributed by atoms with E-state index in [1.54, 1.807) is 0 Å². The van der Waals surface area contributed by atoms with Gasteiger partial charge in [-0.2, -0.15) is 0 Å². The molecule has 0 atom stereocenters. The van der Waals surface area contributed by atoms with Crippen LogP contribution in [-0.2, 0) is 4.79 Å². The number of nitrogens with one attached hydrogen (secondary N) is 1. The van der Waals surface area contributed by atoms with Gasteiger partial charge in [0.2, 0.25) is 5.91 Å². The van der Waals surface area contributed by atoms with Crippen LogP contribution >= 0.6 is 0 Å². The Bertz CT molecular complexity index is 341. The molecule has 0 aromatic heterocycles. The van der Waals surface area contributed by atoms with E-state index in [1.807, 2.05) is 50.3 Å². The van der Waals surface area contributed by atoms with E-state index in [4.69, 9.17) is 0 Å². The van der Waals surface area contributed by atoms with Crippen LogP contribution in [0.15, 0.2) is 35.9 Å². The molecule has 0 saturated heterocycles. The van der Waals surface area contributed by atoms with Gasteiger partial charge in [0, 0.05) is 12.1 Å². The zero-order valence-corrected chi connectivity index (χ0v) is 9.29. The number of carbonyl (C=O) groups excluding carboxylic acids is 1. The summed E-state index contributed by atoms with van der Waals surface area (Å²) < 4.78 is 0. The first kappa shape index (κ1) is 11.5. The lowest BCUT2D eigenvalue weighted by Gasteiger charge is -2.04. The van der Waals surface area contributed by atoms with E-state index in [0.717, 1.165) is 17.6 Å². The van der Waals surface area contributed by atoms with E-state index in [0.29, 0.717) is 6.54 Å². The molecule has 0 spiro atoms. The van der Waals surface area contributed by atoms with Crippen molar-refractivity contribution in [3.05, 3.63) is 41.5 Å². The van der Waals surface area contributed by atoms with Gasteiger partial charge in [-0.3, -0.25) is 4.79 Å². The van der Waals surface area contributed by atoms with Gasteiger partial charge in [0.05, 0.1) is 0 Å².